The molecule has 0 heterocycles. The van der Waals surface area contributed by atoms with Gasteiger partial charge in [0.2, 0.25) is 0 Å². The van der Waals surface area contributed by atoms with Crippen LogP contribution in [0.4, 0.5) is 0 Å². The molecule has 94 valence electrons. The van der Waals surface area contributed by atoms with Crippen LogP contribution in [0.25, 0.3) is 0 Å². The van der Waals surface area contributed by atoms with E-state index in [0.717, 1.165) is 21.3 Å². The number of rotatable bonds is 2. The van der Waals surface area contributed by atoms with Gasteiger partial charge in [-0.05, 0) is 46.2 Å². The molecule has 4 heteroatoms. The fourth-order valence-electron chi connectivity index (χ4n) is 1.31. The Morgan fingerprint density at radius 2 is 1.94 bits per heavy atom. The van der Waals surface area contributed by atoms with E-state index in [1.54, 1.807) is 0 Å². The highest BCUT2D eigenvalue weighted by molar-refractivity contribution is 9.10. The van der Waals surface area contributed by atoms with E-state index in [4.69, 9.17) is 0 Å². The van der Waals surface area contributed by atoms with E-state index in [1.807, 2.05) is 52.8 Å². The summed E-state index contributed by atoms with van der Waals surface area (Å²) in [6, 6.07) is 5.96. The number of hydrogen-bond donors (Lipinski definition) is 0. The van der Waals surface area contributed by atoms with Crippen LogP contribution in [0.15, 0.2) is 27.1 Å². The average molecular weight is 316 g/mol. The Bertz CT molecular complexity index is 475. The SMILES string of the molecule is CC(=N[S@](=O)C(C)(C)C)c1cccc(Br)c1C. The van der Waals surface area contributed by atoms with Gasteiger partial charge in [0.25, 0.3) is 0 Å². The topological polar surface area (TPSA) is 29.4 Å². The summed E-state index contributed by atoms with van der Waals surface area (Å²) in [5.74, 6) is 0. The van der Waals surface area contributed by atoms with E-state index in [-0.39, 0.29) is 4.75 Å². The van der Waals surface area contributed by atoms with Crippen molar-refractivity contribution in [3.8, 4) is 0 Å². The smallest absolute Gasteiger partial charge is 0.145 e. The van der Waals surface area contributed by atoms with Crippen LogP contribution < -0.4 is 0 Å². The molecule has 0 aliphatic rings. The molecule has 0 spiro atoms. The van der Waals surface area contributed by atoms with Gasteiger partial charge >= 0.3 is 0 Å². The second-order valence-electron chi connectivity index (χ2n) is 4.95. The molecule has 2 nitrogen and oxygen atoms in total. The van der Waals surface area contributed by atoms with Crippen LogP contribution in [-0.4, -0.2) is 14.7 Å². The quantitative estimate of drug-likeness (QED) is 0.758. The first-order chi connectivity index (χ1) is 7.73. The molecule has 0 fully saturated rings. The van der Waals surface area contributed by atoms with Crippen molar-refractivity contribution in [1.29, 1.82) is 0 Å². The molecule has 0 radical (unpaired) electrons. The first kappa shape index (κ1) is 14.6. The predicted molar refractivity (Wildman–Crippen MR) is 79.0 cm³/mol. The summed E-state index contributed by atoms with van der Waals surface area (Å²) in [6.45, 7) is 9.70. The molecule has 0 aromatic heterocycles. The third kappa shape index (κ3) is 3.75. The molecule has 17 heavy (non-hydrogen) atoms. The van der Waals surface area contributed by atoms with Gasteiger partial charge in [0.05, 0.1) is 10.5 Å². The summed E-state index contributed by atoms with van der Waals surface area (Å²) < 4.78 is 17.0. The van der Waals surface area contributed by atoms with Crippen molar-refractivity contribution >= 4 is 32.6 Å². The lowest BCUT2D eigenvalue weighted by Crippen LogP contribution is -2.20. The highest BCUT2D eigenvalue weighted by atomic mass is 79.9. The molecule has 0 N–H and O–H groups in total. The van der Waals surface area contributed by atoms with E-state index in [1.165, 1.54) is 0 Å². The van der Waals surface area contributed by atoms with Gasteiger partial charge in [-0.15, -0.1) is 0 Å². The molecule has 0 unspecified atom stereocenters. The van der Waals surface area contributed by atoms with Crippen LogP contribution >= 0.6 is 15.9 Å². The Morgan fingerprint density at radius 1 is 1.35 bits per heavy atom. The number of nitrogens with zero attached hydrogens (tertiary/aromatic N) is 1. The van der Waals surface area contributed by atoms with Crippen LogP contribution in [0.3, 0.4) is 0 Å². The maximum atomic E-state index is 12.0. The van der Waals surface area contributed by atoms with Crippen molar-refractivity contribution in [3.63, 3.8) is 0 Å². The fraction of sp³-hybridized carbons (Fsp3) is 0.462. The van der Waals surface area contributed by atoms with E-state index < -0.39 is 11.0 Å². The molecule has 1 aromatic carbocycles. The third-order valence-corrected chi connectivity index (χ3v) is 4.75. The van der Waals surface area contributed by atoms with Crippen molar-refractivity contribution in [2.45, 2.75) is 39.4 Å². The zero-order chi connectivity index (χ0) is 13.2. The second kappa shape index (κ2) is 5.44. The normalized spacial score (nSPS) is 14.8. The molecular weight excluding hydrogens is 298 g/mol. The van der Waals surface area contributed by atoms with E-state index in [0.29, 0.717) is 0 Å². The van der Waals surface area contributed by atoms with Gasteiger partial charge in [0.1, 0.15) is 11.0 Å². The van der Waals surface area contributed by atoms with Crippen molar-refractivity contribution in [3.05, 3.63) is 33.8 Å². The van der Waals surface area contributed by atoms with Crippen molar-refractivity contribution in [2.24, 2.45) is 4.40 Å². The predicted octanol–water partition coefficient (Wildman–Crippen LogP) is 4.03. The lowest BCUT2D eigenvalue weighted by Gasteiger charge is -2.15. The maximum absolute atomic E-state index is 12.0. The zero-order valence-electron chi connectivity index (χ0n) is 10.9. The monoisotopic (exact) mass is 315 g/mol. The fourth-order valence-corrected chi connectivity index (χ4v) is 2.30. The molecule has 1 aromatic rings. The number of halogens is 1. The minimum atomic E-state index is -1.21. The van der Waals surface area contributed by atoms with Crippen molar-refractivity contribution < 1.29 is 4.21 Å². The van der Waals surface area contributed by atoms with E-state index >= 15 is 0 Å². The molecule has 0 aliphatic carbocycles. The largest absolute Gasteiger partial charge is 0.234 e. The summed E-state index contributed by atoms with van der Waals surface area (Å²) in [6.07, 6.45) is 0. The Morgan fingerprint density at radius 3 is 2.47 bits per heavy atom. The van der Waals surface area contributed by atoms with Gasteiger partial charge in [-0.3, -0.25) is 0 Å². The van der Waals surface area contributed by atoms with E-state index in [9.17, 15) is 4.21 Å². The Labute approximate surface area is 114 Å². The summed E-state index contributed by atoms with van der Waals surface area (Å²) in [7, 11) is -1.21. The van der Waals surface area contributed by atoms with Gasteiger partial charge < -0.3 is 0 Å². The lowest BCUT2D eigenvalue weighted by atomic mass is 10.1. The first-order valence-electron chi connectivity index (χ1n) is 5.46. The highest BCUT2D eigenvalue weighted by Gasteiger charge is 2.19. The van der Waals surface area contributed by atoms with Crippen LogP contribution in [0, 0.1) is 6.92 Å². The van der Waals surface area contributed by atoms with Crippen LogP contribution in [0.5, 0.6) is 0 Å². The summed E-state index contributed by atoms with van der Waals surface area (Å²) in [4.78, 5) is 0. The van der Waals surface area contributed by atoms with Gasteiger partial charge in [-0.25, -0.2) is 4.21 Å². The maximum Gasteiger partial charge on any atom is 0.145 e. The molecule has 0 bridgehead atoms. The summed E-state index contributed by atoms with van der Waals surface area (Å²) >= 11 is 3.49. The summed E-state index contributed by atoms with van der Waals surface area (Å²) in [5, 5.41) is 0. The minimum absolute atomic E-state index is 0.318. The van der Waals surface area contributed by atoms with Gasteiger partial charge in [-0.2, -0.15) is 4.40 Å². The van der Waals surface area contributed by atoms with Crippen LogP contribution in [0.2, 0.25) is 0 Å². The first-order valence-corrected chi connectivity index (χ1v) is 7.36. The molecule has 0 aliphatic heterocycles. The Balaban J connectivity index is 3.13. The van der Waals surface area contributed by atoms with Crippen molar-refractivity contribution in [1.82, 2.24) is 0 Å². The second-order valence-corrected chi connectivity index (χ2v) is 7.71. The third-order valence-electron chi connectivity index (χ3n) is 2.40. The molecule has 0 saturated heterocycles. The van der Waals surface area contributed by atoms with Gasteiger partial charge in [-0.1, -0.05) is 28.1 Å². The number of benzene rings is 1. The van der Waals surface area contributed by atoms with Gasteiger partial charge in [0, 0.05) is 10.0 Å². The Hall–Kier alpha value is -0.480. The standard InChI is InChI=1S/C13H18BrNOS/c1-9-11(7-6-8-12(9)14)10(2)15-17(16)13(3,4)5/h6-8H,1-5H3/t17-/m1/s1. The van der Waals surface area contributed by atoms with Crippen LogP contribution in [0.1, 0.15) is 38.8 Å². The molecule has 0 amide bonds. The average Bonchev–Trinajstić information content (AvgIpc) is 2.20. The zero-order valence-corrected chi connectivity index (χ0v) is 13.3. The lowest BCUT2D eigenvalue weighted by molar-refractivity contribution is 0.650. The molecular formula is C13H18BrNOS. The van der Waals surface area contributed by atoms with Gasteiger partial charge in [0.15, 0.2) is 0 Å². The van der Waals surface area contributed by atoms with E-state index in [2.05, 4.69) is 20.3 Å². The molecule has 0 saturated carbocycles. The van der Waals surface area contributed by atoms with Crippen molar-refractivity contribution in [2.75, 3.05) is 0 Å². The molecule has 1 atom stereocenters. The summed E-state index contributed by atoms with van der Waals surface area (Å²) in [5.41, 5.74) is 2.98. The highest BCUT2D eigenvalue weighted by Crippen LogP contribution is 2.21. The minimum Gasteiger partial charge on any atom is -0.234 e. The number of hydrogen-bond acceptors (Lipinski definition) is 1. The molecule has 1 rings (SSSR count). The van der Waals surface area contributed by atoms with Crippen LogP contribution in [-0.2, 0) is 11.0 Å². The Kier molecular flexibility index (Phi) is 4.67.